The minimum Gasteiger partial charge on any atom is -0.309 e. The highest BCUT2D eigenvalue weighted by Gasteiger charge is 2.27. The summed E-state index contributed by atoms with van der Waals surface area (Å²) in [6.45, 7) is 8.91. The van der Waals surface area contributed by atoms with Crippen LogP contribution in [0.3, 0.4) is 0 Å². The molecule has 0 spiro atoms. The lowest BCUT2D eigenvalue weighted by molar-refractivity contribution is 1.09. The van der Waals surface area contributed by atoms with Crippen molar-refractivity contribution in [2.75, 3.05) is 0 Å². The van der Waals surface area contributed by atoms with Crippen molar-refractivity contribution in [2.24, 2.45) is 0 Å². The maximum atomic E-state index is 10.2. The van der Waals surface area contributed by atoms with Gasteiger partial charge in [0, 0.05) is 109 Å². The molecule has 696 valence electrons. The zero-order valence-electron chi connectivity index (χ0n) is 81.8. The monoisotopic (exact) mass is 1890 g/mol. The van der Waals surface area contributed by atoms with Crippen LogP contribution in [0.4, 0.5) is 0 Å². The van der Waals surface area contributed by atoms with Crippen LogP contribution in [-0.4, -0.2) is 36.5 Å². The van der Waals surface area contributed by atoms with Crippen molar-refractivity contribution < 1.29 is 0 Å². The molecule has 0 saturated carbocycles. The Morgan fingerprint density at radius 2 is 0.378 bits per heavy atom. The van der Waals surface area contributed by atoms with Gasteiger partial charge in [0.25, 0.3) is 0 Å². The predicted octanol–water partition coefficient (Wildman–Crippen LogP) is 35.8. The molecule has 10 nitrogen and oxygen atoms in total. The molecule has 0 fully saturated rings. The number of hydrogen-bond donors (Lipinski definition) is 0. The molecule has 30 aromatic rings. The van der Waals surface area contributed by atoms with Crippen molar-refractivity contribution >= 4 is 174 Å². The maximum Gasteiger partial charge on any atom is 0.101 e. The Morgan fingerprint density at radius 3 is 0.622 bits per heavy atom. The summed E-state index contributed by atoms with van der Waals surface area (Å²) in [5.41, 5.74) is 39.0. The van der Waals surface area contributed by atoms with Crippen LogP contribution >= 0.6 is 0 Å². The summed E-state index contributed by atoms with van der Waals surface area (Å²) in [4.78, 5) is 0. The summed E-state index contributed by atoms with van der Waals surface area (Å²) in [6.07, 6.45) is 0. The maximum absolute atomic E-state index is 10.2. The fraction of sp³-hybridized carbons (Fsp3) is 0.0290. The number of nitriles is 2. The first kappa shape index (κ1) is 87.3. The Kier molecular flexibility index (Phi) is 21.1. The molecular formula is C138H94N10. The second-order valence-corrected chi connectivity index (χ2v) is 38.6. The topological polar surface area (TPSA) is 87.0 Å². The van der Waals surface area contributed by atoms with Crippen molar-refractivity contribution in [1.82, 2.24) is 36.5 Å². The van der Waals surface area contributed by atoms with E-state index in [-0.39, 0.29) is 0 Å². The highest BCUT2D eigenvalue weighted by atomic mass is 15.1. The third kappa shape index (κ3) is 14.1. The number of aryl methyl sites for hydroxylation is 4. The van der Waals surface area contributed by atoms with Gasteiger partial charge in [0.05, 0.1) is 128 Å². The molecule has 30 rings (SSSR count). The third-order valence-corrected chi connectivity index (χ3v) is 30.3. The number of para-hydroxylation sites is 17. The second kappa shape index (κ2) is 35.7. The number of aromatic nitrogens is 8. The molecule has 0 aliphatic carbocycles. The van der Waals surface area contributed by atoms with E-state index >= 15 is 0 Å². The zero-order chi connectivity index (χ0) is 98.9. The Morgan fingerprint density at radius 1 is 0.155 bits per heavy atom. The van der Waals surface area contributed by atoms with Gasteiger partial charge in [-0.2, -0.15) is 10.5 Å². The van der Waals surface area contributed by atoms with Crippen molar-refractivity contribution in [3.05, 3.63) is 531 Å². The highest BCUT2D eigenvalue weighted by molar-refractivity contribution is 6.17. The Balaban J connectivity index is 0.0000000977. The van der Waals surface area contributed by atoms with E-state index < -0.39 is 0 Å². The summed E-state index contributed by atoms with van der Waals surface area (Å²) < 4.78 is 18.8. The van der Waals surface area contributed by atoms with E-state index in [4.69, 9.17) is 0 Å². The van der Waals surface area contributed by atoms with Crippen LogP contribution < -0.4 is 0 Å². The second-order valence-electron chi connectivity index (χ2n) is 38.6. The molecule has 0 unspecified atom stereocenters. The van der Waals surface area contributed by atoms with Gasteiger partial charge in [-0.1, -0.05) is 322 Å². The first-order chi connectivity index (χ1) is 73.1. The normalized spacial score (nSPS) is 11.6. The molecule has 8 aromatic heterocycles. The van der Waals surface area contributed by atoms with E-state index in [1.165, 1.54) is 198 Å². The highest BCUT2D eigenvalue weighted by Crippen LogP contribution is 2.46. The molecule has 0 amide bonds. The summed E-state index contributed by atoms with van der Waals surface area (Å²) in [5.74, 6) is 0. The van der Waals surface area contributed by atoms with Gasteiger partial charge in [-0.3, -0.25) is 0 Å². The van der Waals surface area contributed by atoms with E-state index in [1.54, 1.807) is 0 Å². The molecule has 0 bridgehead atoms. The van der Waals surface area contributed by atoms with Crippen molar-refractivity contribution in [1.29, 1.82) is 10.5 Å². The Labute approximate surface area is 853 Å². The lowest BCUT2D eigenvalue weighted by Crippen LogP contribution is -2.05. The SMILES string of the molecule is Cc1cc(-c2ccc(-n3c4ccccc4c4ccccc43)c(C)c2)ccc1-n1c2ccccc2c2ccccc21.Cc1cc(-n2c3ccccc3c3ccccc32)ccc1-c1ccc(-n2c3ccccc3c3ccccc32)cc1C.N#Cc1ccc(-n2c3ccccc3c3ccccc32)c(-n2c3ccccc3c3ccccc32)c1.N#Cc1cccc(-n2c3ccccc3c3ccccc32)c1-n1c2ccccc2c2ccccc21. The lowest BCUT2D eigenvalue weighted by atomic mass is 9.95. The van der Waals surface area contributed by atoms with Crippen LogP contribution in [0.5, 0.6) is 0 Å². The predicted molar refractivity (Wildman–Crippen MR) is 620 cm³/mol. The molecule has 22 aromatic carbocycles. The minimum atomic E-state index is 0.640. The molecular weight excluding hydrogens is 1800 g/mol. The van der Waals surface area contributed by atoms with Crippen molar-refractivity contribution in [2.45, 2.75) is 27.7 Å². The van der Waals surface area contributed by atoms with E-state index in [2.05, 4.69) is 550 Å². The van der Waals surface area contributed by atoms with E-state index in [1.807, 2.05) is 24.3 Å². The molecule has 0 atom stereocenters. The van der Waals surface area contributed by atoms with Gasteiger partial charge in [0.15, 0.2) is 0 Å². The Hall–Kier alpha value is -19.8. The van der Waals surface area contributed by atoms with Gasteiger partial charge in [0.1, 0.15) is 6.07 Å². The Bertz CT molecular complexity index is 9910. The summed E-state index contributed by atoms with van der Waals surface area (Å²) in [6, 6.07) is 182. The van der Waals surface area contributed by atoms with Crippen LogP contribution in [0.1, 0.15) is 33.4 Å². The lowest BCUT2D eigenvalue weighted by Gasteiger charge is -2.18. The van der Waals surface area contributed by atoms with Crippen molar-refractivity contribution in [3.63, 3.8) is 0 Å². The molecule has 0 saturated heterocycles. The molecule has 10 heteroatoms. The standard InChI is InChI=1S/2C38H28N2.2C31H19N3/c1-25-23-27(39-35-15-7-3-11-31(35)32-12-4-8-16-36(32)39)19-21-29(25)30-22-20-28(24-26(30)2)40-37-17-9-5-13-33(37)34-14-6-10-18-38(34)40;1-25-23-27(19-21-33(25)39-35-15-7-3-11-29(35)30-12-4-8-16-36(30)39)28-20-22-34(26(2)24-28)40-37-17-9-5-13-31(37)32-14-6-10-18-38(32)40;32-20-21-10-9-19-30(33-26-15-5-1-11-22(26)23-12-2-6-16-27(23)33)31(21)34-28-17-7-3-13-24(28)25-14-4-8-18-29(25)34;32-20-21-17-18-30(33-26-13-5-1-9-22(26)23-10-2-6-14-27(23)33)31(19-21)34-28-15-7-3-11-24(28)25-12-4-8-16-29(25)34/h2*3-24H,1-2H3;2*1-19H. The number of benzene rings is 22. The first-order valence-corrected chi connectivity index (χ1v) is 50.5. The van der Waals surface area contributed by atoms with E-state index in [9.17, 15) is 10.5 Å². The first-order valence-electron chi connectivity index (χ1n) is 50.5. The van der Waals surface area contributed by atoms with Gasteiger partial charge in [0.2, 0.25) is 0 Å². The average Bonchev–Trinajstić information content (AvgIpc) is 1.58. The fourth-order valence-electron chi connectivity index (χ4n) is 23.8. The van der Waals surface area contributed by atoms with Gasteiger partial charge in [-0.05, 0) is 248 Å². The van der Waals surface area contributed by atoms with Gasteiger partial charge in [-0.25, -0.2) is 0 Å². The number of fused-ring (bicyclic) bond motifs is 24. The third-order valence-electron chi connectivity index (χ3n) is 30.3. The fourth-order valence-corrected chi connectivity index (χ4v) is 23.8. The molecule has 148 heavy (non-hydrogen) atoms. The van der Waals surface area contributed by atoms with E-state index in [0.717, 1.165) is 66.9 Å². The van der Waals surface area contributed by atoms with Gasteiger partial charge < -0.3 is 36.5 Å². The molecule has 0 radical (unpaired) electrons. The average molecular weight is 1890 g/mol. The van der Waals surface area contributed by atoms with Crippen molar-refractivity contribution in [3.8, 4) is 79.9 Å². The van der Waals surface area contributed by atoms with Crippen LogP contribution in [-0.2, 0) is 0 Å². The number of hydrogen-bond acceptors (Lipinski definition) is 2. The van der Waals surface area contributed by atoms with Gasteiger partial charge >= 0.3 is 0 Å². The smallest absolute Gasteiger partial charge is 0.101 e. The molecule has 0 aliphatic heterocycles. The van der Waals surface area contributed by atoms with E-state index in [0.29, 0.717) is 11.1 Å². The van der Waals surface area contributed by atoms with Crippen LogP contribution in [0.15, 0.2) is 497 Å². The molecule has 8 heterocycles. The number of rotatable bonds is 10. The van der Waals surface area contributed by atoms with Crippen LogP contribution in [0.2, 0.25) is 0 Å². The minimum absolute atomic E-state index is 0.640. The van der Waals surface area contributed by atoms with Gasteiger partial charge in [-0.15, -0.1) is 0 Å². The molecule has 0 aliphatic rings. The summed E-state index contributed by atoms with van der Waals surface area (Å²) in [7, 11) is 0. The van der Waals surface area contributed by atoms with Crippen LogP contribution in [0.25, 0.3) is 242 Å². The summed E-state index contributed by atoms with van der Waals surface area (Å²) >= 11 is 0. The summed E-state index contributed by atoms with van der Waals surface area (Å²) in [5, 5.41) is 39.9. The molecule has 0 N–H and O–H groups in total. The van der Waals surface area contributed by atoms with Crippen LogP contribution in [0, 0.1) is 50.4 Å². The number of nitrogens with zero attached hydrogens (tertiary/aromatic N) is 10. The zero-order valence-corrected chi connectivity index (χ0v) is 81.8. The quantitative estimate of drug-likeness (QED) is 0.137. The largest absolute Gasteiger partial charge is 0.309 e.